The van der Waals surface area contributed by atoms with Crippen molar-refractivity contribution in [3.8, 4) is 5.75 Å². The van der Waals surface area contributed by atoms with E-state index in [9.17, 15) is 4.39 Å². The van der Waals surface area contributed by atoms with Crippen LogP contribution in [0.5, 0.6) is 5.75 Å². The van der Waals surface area contributed by atoms with Crippen molar-refractivity contribution in [3.63, 3.8) is 0 Å². The van der Waals surface area contributed by atoms with Crippen molar-refractivity contribution < 1.29 is 13.9 Å². The first kappa shape index (κ1) is 16.6. The van der Waals surface area contributed by atoms with Gasteiger partial charge in [0.15, 0.2) is 11.6 Å². The molecule has 0 spiro atoms. The van der Waals surface area contributed by atoms with Crippen LogP contribution in [0.1, 0.15) is 11.1 Å². The molecule has 0 bridgehead atoms. The third-order valence-corrected chi connectivity index (χ3v) is 4.28. The van der Waals surface area contributed by atoms with E-state index in [4.69, 9.17) is 9.47 Å². The molecule has 0 aliphatic carbocycles. The lowest BCUT2D eigenvalue weighted by atomic mass is 10.1. The van der Waals surface area contributed by atoms with Gasteiger partial charge in [0.1, 0.15) is 0 Å². The fourth-order valence-corrected chi connectivity index (χ4v) is 2.88. The number of halogens is 1. The summed E-state index contributed by atoms with van der Waals surface area (Å²) in [6, 6.07) is 11.3. The maximum absolute atomic E-state index is 13.5. The summed E-state index contributed by atoms with van der Waals surface area (Å²) in [5.41, 5.74) is 4.47. The minimum Gasteiger partial charge on any atom is -0.494 e. The number of ether oxygens (including phenoxy) is 2. The quantitative estimate of drug-likeness (QED) is 0.908. The summed E-state index contributed by atoms with van der Waals surface area (Å²) < 4.78 is 23.9. The number of aryl methyl sites for hydroxylation is 1. The standard InChI is InChI=1S/C19H23FN2O2/c1-14-11-16(22-7-9-24-10-8-22)4-6-18(14)21-13-15-3-5-17(20)19(12-15)23-2/h3-6,11-12,21H,7-10,13H2,1-2H3. The minimum absolute atomic E-state index is 0.272. The van der Waals surface area contributed by atoms with Gasteiger partial charge in [-0.25, -0.2) is 4.39 Å². The highest BCUT2D eigenvalue weighted by atomic mass is 19.1. The van der Waals surface area contributed by atoms with Crippen LogP contribution < -0.4 is 15.0 Å². The predicted octanol–water partition coefficient (Wildman–Crippen LogP) is 3.59. The van der Waals surface area contributed by atoms with Gasteiger partial charge in [-0.2, -0.15) is 0 Å². The Morgan fingerprint density at radius 3 is 2.67 bits per heavy atom. The summed E-state index contributed by atoms with van der Waals surface area (Å²) in [7, 11) is 1.48. The van der Waals surface area contributed by atoms with Gasteiger partial charge < -0.3 is 19.7 Å². The first-order chi connectivity index (χ1) is 11.7. The Bertz CT molecular complexity index is 700. The Morgan fingerprint density at radius 2 is 1.96 bits per heavy atom. The molecule has 1 fully saturated rings. The number of hydrogen-bond donors (Lipinski definition) is 1. The molecule has 24 heavy (non-hydrogen) atoms. The topological polar surface area (TPSA) is 33.7 Å². The van der Waals surface area contributed by atoms with Gasteiger partial charge in [0, 0.05) is 31.0 Å². The lowest BCUT2D eigenvalue weighted by Crippen LogP contribution is -2.36. The molecule has 2 aromatic rings. The van der Waals surface area contributed by atoms with Gasteiger partial charge in [-0.15, -0.1) is 0 Å². The van der Waals surface area contributed by atoms with Crippen molar-refractivity contribution in [2.75, 3.05) is 43.6 Å². The highest BCUT2D eigenvalue weighted by molar-refractivity contribution is 5.60. The molecular formula is C19H23FN2O2. The molecule has 3 rings (SSSR count). The second kappa shape index (κ2) is 7.53. The zero-order valence-corrected chi connectivity index (χ0v) is 14.1. The predicted molar refractivity (Wildman–Crippen MR) is 94.5 cm³/mol. The van der Waals surface area contributed by atoms with Gasteiger partial charge in [-0.05, 0) is 48.4 Å². The normalized spacial score (nSPS) is 14.5. The van der Waals surface area contributed by atoms with Crippen LogP contribution in [0, 0.1) is 12.7 Å². The van der Waals surface area contributed by atoms with Crippen LogP contribution in [0.3, 0.4) is 0 Å². The van der Waals surface area contributed by atoms with Crippen molar-refractivity contribution in [1.29, 1.82) is 0 Å². The number of methoxy groups -OCH3 is 1. The molecule has 1 aliphatic rings. The average Bonchev–Trinajstić information content (AvgIpc) is 2.62. The molecule has 1 heterocycles. The van der Waals surface area contributed by atoms with Crippen LogP contribution in [0.2, 0.25) is 0 Å². The maximum atomic E-state index is 13.5. The molecule has 1 aliphatic heterocycles. The van der Waals surface area contributed by atoms with E-state index in [1.807, 2.05) is 0 Å². The van der Waals surface area contributed by atoms with E-state index in [1.54, 1.807) is 12.1 Å². The number of anilines is 2. The Balaban J connectivity index is 1.67. The molecule has 128 valence electrons. The first-order valence-electron chi connectivity index (χ1n) is 8.17. The number of morpholine rings is 1. The van der Waals surface area contributed by atoms with E-state index in [1.165, 1.54) is 24.4 Å². The number of nitrogens with one attached hydrogen (secondary N) is 1. The van der Waals surface area contributed by atoms with Crippen molar-refractivity contribution >= 4 is 11.4 Å². The molecule has 0 aromatic heterocycles. The van der Waals surface area contributed by atoms with Crippen molar-refractivity contribution in [2.45, 2.75) is 13.5 Å². The molecule has 0 saturated carbocycles. The highest BCUT2D eigenvalue weighted by Crippen LogP contribution is 2.25. The summed E-state index contributed by atoms with van der Waals surface area (Å²) in [4.78, 5) is 2.34. The zero-order chi connectivity index (χ0) is 16.9. The van der Waals surface area contributed by atoms with Gasteiger partial charge in [0.2, 0.25) is 0 Å². The summed E-state index contributed by atoms with van der Waals surface area (Å²) in [6.07, 6.45) is 0. The average molecular weight is 330 g/mol. The van der Waals surface area contributed by atoms with Crippen LogP contribution in [0.25, 0.3) is 0 Å². The van der Waals surface area contributed by atoms with Gasteiger partial charge in [-0.1, -0.05) is 6.07 Å². The van der Waals surface area contributed by atoms with E-state index in [0.717, 1.165) is 37.6 Å². The van der Waals surface area contributed by atoms with Crippen LogP contribution in [0.15, 0.2) is 36.4 Å². The monoisotopic (exact) mass is 330 g/mol. The van der Waals surface area contributed by atoms with Crippen LogP contribution in [0.4, 0.5) is 15.8 Å². The number of benzene rings is 2. The van der Waals surface area contributed by atoms with Gasteiger partial charge in [-0.3, -0.25) is 0 Å². The molecule has 0 unspecified atom stereocenters. The molecule has 0 radical (unpaired) electrons. The minimum atomic E-state index is -0.340. The molecule has 2 aromatic carbocycles. The van der Waals surface area contributed by atoms with Crippen molar-refractivity contribution in [1.82, 2.24) is 0 Å². The van der Waals surface area contributed by atoms with E-state index in [2.05, 4.69) is 35.3 Å². The zero-order valence-electron chi connectivity index (χ0n) is 14.1. The molecular weight excluding hydrogens is 307 g/mol. The molecule has 1 saturated heterocycles. The second-order valence-corrected chi connectivity index (χ2v) is 5.92. The summed E-state index contributed by atoms with van der Waals surface area (Å²) >= 11 is 0. The Morgan fingerprint density at radius 1 is 1.17 bits per heavy atom. The van der Waals surface area contributed by atoms with Gasteiger partial charge in [0.25, 0.3) is 0 Å². The SMILES string of the molecule is COc1cc(CNc2ccc(N3CCOCC3)cc2C)ccc1F. The second-order valence-electron chi connectivity index (χ2n) is 5.92. The largest absolute Gasteiger partial charge is 0.494 e. The Kier molecular flexibility index (Phi) is 5.20. The van der Waals surface area contributed by atoms with Crippen LogP contribution in [-0.2, 0) is 11.3 Å². The Labute approximate surface area is 142 Å². The molecule has 5 heteroatoms. The fraction of sp³-hybridized carbons (Fsp3) is 0.368. The lowest BCUT2D eigenvalue weighted by molar-refractivity contribution is 0.122. The number of hydrogen-bond acceptors (Lipinski definition) is 4. The maximum Gasteiger partial charge on any atom is 0.165 e. The van der Waals surface area contributed by atoms with E-state index >= 15 is 0 Å². The first-order valence-corrected chi connectivity index (χ1v) is 8.17. The molecule has 0 amide bonds. The van der Waals surface area contributed by atoms with E-state index in [0.29, 0.717) is 6.54 Å². The Hall–Kier alpha value is -2.27. The molecule has 4 nitrogen and oxygen atoms in total. The van der Waals surface area contributed by atoms with E-state index in [-0.39, 0.29) is 11.6 Å². The molecule has 0 atom stereocenters. The number of rotatable bonds is 5. The van der Waals surface area contributed by atoms with Gasteiger partial charge >= 0.3 is 0 Å². The lowest BCUT2D eigenvalue weighted by Gasteiger charge is -2.29. The molecule has 1 N–H and O–H groups in total. The third kappa shape index (κ3) is 3.79. The third-order valence-electron chi connectivity index (χ3n) is 4.28. The van der Waals surface area contributed by atoms with E-state index < -0.39 is 0 Å². The van der Waals surface area contributed by atoms with Gasteiger partial charge in [0.05, 0.1) is 20.3 Å². The van der Waals surface area contributed by atoms with Crippen LogP contribution >= 0.6 is 0 Å². The fourth-order valence-electron chi connectivity index (χ4n) is 2.88. The summed E-state index contributed by atoms with van der Waals surface area (Å²) in [5.74, 6) is -0.0685. The highest BCUT2D eigenvalue weighted by Gasteiger charge is 2.12. The summed E-state index contributed by atoms with van der Waals surface area (Å²) in [5, 5.41) is 3.41. The smallest absolute Gasteiger partial charge is 0.165 e. The van der Waals surface area contributed by atoms with Crippen molar-refractivity contribution in [3.05, 3.63) is 53.3 Å². The summed E-state index contributed by atoms with van der Waals surface area (Å²) in [6.45, 7) is 6.14. The number of nitrogens with zero attached hydrogens (tertiary/aromatic N) is 1. The van der Waals surface area contributed by atoms with Crippen molar-refractivity contribution in [2.24, 2.45) is 0 Å². The van der Waals surface area contributed by atoms with Crippen LogP contribution in [-0.4, -0.2) is 33.4 Å².